The smallest absolute Gasteiger partial charge is 0.165 e. The maximum Gasteiger partial charge on any atom is 0.165 e. The van der Waals surface area contributed by atoms with Gasteiger partial charge in [-0.1, -0.05) is 11.6 Å². The maximum absolute atomic E-state index is 9.65. The Balaban J connectivity index is 1.77. The number of hydrogen-bond donors (Lipinski definition) is 1. The van der Waals surface area contributed by atoms with Crippen molar-refractivity contribution in [2.45, 2.75) is 44.3 Å². The minimum absolute atomic E-state index is 0.000100. The summed E-state index contributed by atoms with van der Waals surface area (Å²) >= 11 is 6.07. The van der Waals surface area contributed by atoms with E-state index in [1.807, 2.05) is 18.4 Å². The highest BCUT2D eigenvalue weighted by Gasteiger charge is 2.54. The van der Waals surface area contributed by atoms with E-state index in [1.165, 1.54) is 6.33 Å². The number of aliphatic hydroxyl groups excluding tert-OH is 1. The summed E-state index contributed by atoms with van der Waals surface area (Å²) in [5, 5.41) is 9.98. The van der Waals surface area contributed by atoms with Gasteiger partial charge < -0.3 is 19.1 Å². The zero-order valence-corrected chi connectivity index (χ0v) is 13.1. The van der Waals surface area contributed by atoms with Crippen molar-refractivity contribution in [1.82, 2.24) is 19.5 Å². The molecule has 3 heterocycles. The van der Waals surface area contributed by atoms with Crippen molar-refractivity contribution < 1.29 is 14.6 Å². The molecule has 1 saturated heterocycles. The summed E-state index contributed by atoms with van der Waals surface area (Å²) in [6.07, 6.45) is 3.61. The Hall–Kier alpha value is -1.28. The number of fused-ring (bicyclic) bond motifs is 2. The summed E-state index contributed by atoms with van der Waals surface area (Å²) in [6.45, 7) is 3.85. The summed E-state index contributed by atoms with van der Waals surface area (Å²) in [7, 11) is 0. The standard InChI is InChI=1S/C14H17ClN4O3/c1-14(2)21-10-7(4-20)3-8(11(10)22-14)19-6-18-9-12(15)16-5-17-13(9)19/h5-8,10-11,20H,3-4H2,1-2H3. The highest BCUT2D eigenvalue weighted by Crippen LogP contribution is 2.47. The van der Waals surface area contributed by atoms with Gasteiger partial charge in [0.25, 0.3) is 0 Å². The molecule has 2 fully saturated rings. The average Bonchev–Trinajstić information content (AvgIpc) is 3.10. The molecule has 4 unspecified atom stereocenters. The second-order valence-corrected chi connectivity index (χ2v) is 6.66. The number of nitrogens with zero attached hydrogens (tertiary/aromatic N) is 4. The van der Waals surface area contributed by atoms with Crippen LogP contribution < -0.4 is 0 Å². The molecule has 1 N–H and O–H groups in total. The van der Waals surface area contributed by atoms with Gasteiger partial charge in [0.05, 0.1) is 18.5 Å². The summed E-state index contributed by atoms with van der Waals surface area (Å²) in [5.41, 5.74) is 1.25. The van der Waals surface area contributed by atoms with E-state index in [4.69, 9.17) is 21.1 Å². The topological polar surface area (TPSA) is 82.3 Å². The van der Waals surface area contributed by atoms with Crippen molar-refractivity contribution in [2.75, 3.05) is 6.61 Å². The fourth-order valence-corrected chi connectivity index (χ4v) is 3.75. The Morgan fingerprint density at radius 2 is 2.09 bits per heavy atom. The maximum atomic E-state index is 9.65. The lowest BCUT2D eigenvalue weighted by Gasteiger charge is -2.23. The van der Waals surface area contributed by atoms with Gasteiger partial charge in [-0.2, -0.15) is 0 Å². The van der Waals surface area contributed by atoms with Gasteiger partial charge in [0.1, 0.15) is 17.9 Å². The molecule has 2 aliphatic rings. The van der Waals surface area contributed by atoms with Crippen LogP contribution >= 0.6 is 11.6 Å². The molecule has 8 heteroatoms. The molecule has 1 aliphatic heterocycles. The van der Waals surface area contributed by atoms with E-state index in [1.54, 1.807) is 6.33 Å². The molecule has 118 valence electrons. The quantitative estimate of drug-likeness (QED) is 0.844. The van der Waals surface area contributed by atoms with Gasteiger partial charge in [-0.25, -0.2) is 15.0 Å². The Labute approximate surface area is 132 Å². The highest BCUT2D eigenvalue weighted by molar-refractivity contribution is 6.33. The molecular formula is C14H17ClN4O3. The van der Waals surface area contributed by atoms with Gasteiger partial charge in [0.2, 0.25) is 0 Å². The second-order valence-electron chi connectivity index (χ2n) is 6.30. The molecule has 0 spiro atoms. The first kappa shape index (κ1) is 14.3. The van der Waals surface area contributed by atoms with Crippen molar-refractivity contribution >= 4 is 22.8 Å². The van der Waals surface area contributed by atoms with Crippen molar-refractivity contribution in [2.24, 2.45) is 5.92 Å². The van der Waals surface area contributed by atoms with E-state index in [9.17, 15) is 5.11 Å². The van der Waals surface area contributed by atoms with Crippen LogP contribution in [0, 0.1) is 5.92 Å². The third-order valence-electron chi connectivity index (χ3n) is 4.46. The van der Waals surface area contributed by atoms with Crippen molar-refractivity contribution in [3.8, 4) is 0 Å². The van der Waals surface area contributed by atoms with Gasteiger partial charge >= 0.3 is 0 Å². The van der Waals surface area contributed by atoms with E-state index in [0.717, 1.165) is 6.42 Å². The first-order valence-electron chi connectivity index (χ1n) is 7.30. The first-order valence-corrected chi connectivity index (χ1v) is 7.67. The fraction of sp³-hybridized carbons (Fsp3) is 0.643. The molecule has 0 radical (unpaired) electrons. The number of aliphatic hydroxyl groups is 1. The summed E-state index contributed by atoms with van der Waals surface area (Å²) in [6, 6.07) is -0.000100. The molecule has 4 rings (SSSR count). The number of ether oxygens (including phenoxy) is 2. The van der Waals surface area contributed by atoms with Gasteiger partial charge in [-0.15, -0.1) is 0 Å². The number of imidazole rings is 1. The van der Waals surface area contributed by atoms with E-state index in [-0.39, 0.29) is 30.8 Å². The molecule has 0 aromatic carbocycles. The molecule has 1 aliphatic carbocycles. The molecule has 2 aromatic rings. The van der Waals surface area contributed by atoms with Crippen molar-refractivity contribution in [1.29, 1.82) is 0 Å². The molecule has 1 saturated carbocycles. The normalized spacial score (nSPS) is 33.5. The third-order valence-corrected chi connectivity index (χ3v) is 4.73. The van der Waals surface area contributed by atoms with E-state index < -0.39 is 5.79 Å². The summed E-state index contributed by atoms with van der Waals surface area (Å²) in [5.74, 6) is -0.615. The zero-order valence-electron chi connectivity index (χ0n) is 12.3. The SMILES string of the molecule is CC1(C)OC2C(CO)CC(n3cnc4c(Cl)ncnc43)C2O1. The van der Waals surface area contributed by atoms with Crippen LogP contribution in [0.25, 0.3) is 11.2 Å². The van der Waals surface area contributed by atoms with Crippen molar-refractivity contribution in [3.05, 3.63) is 17.8 Å². The number of halogens is 1. The van der Waals surface area contributed by atoms with Gasteiger partial charge in [-0.05, 0) is 20.3 Å². The van der Waals surface area contributed by atoms with Gasteiger partial charge in [-0.3, -0.25) is 0 Å². The lowest BCUT2D eigenvalue weighted by Crippen LogP contribution is -2.27. The molecule has 22 heavy (non-hydrogen) atoms. The van der Waals surface area contributed by atoms with Crippen LogP contribution in [0.15, 0.2) is 12.7 Å². The van der Waals surface area contributed by atoms with Gasteiger partial charge in [0, 0.05) is 12.5 Å². The summed E-state index contributed by atoms with van der Waals surface area (Å²) < 4.78 is 14.0. The number of rotatable bonds is 2. The summed E-state index contributed by atoms with van der Waals surface area (Å²) in [4.78, 5) is 12.6. The fourth-order valence-electron chi connectivity index (χ4n) is 3.57. The minimum atomic E-state index is -0.648. The molecular weight excluding hydrogens is 308 g/mol. The van der Waals surface area contributed by atoms with E-state index in [0.29, 0.717) is 16.3 Å². The van der Waals surface area contributed by atoms with Crippen molar-refractivity contribution in [3.63, 3.8) is 0 Å². The minimum Gasteiger partial charge on any atom is -0.396 e. The van der Waals surface area contributed by atoms with Gasteiger partial charge in [0.15, 0.2) is 16.6 Å². The second kappa shape index (κ2) is 4.86. The molecule has 4 atom stereocenters. The van der Waals surface area contributed by atoms with Crippen LogP contribution in [0.1, 0.15) is 26.3 Å². The molecule has 0 bridgehead atoms. The Morgan fingerprint density at radius 3 is 2.86 bits per heavy atom. The zero-order chi connectivity index (χ0) is 15.5. The van der Waals surface area contributed by atoms with Crippen LogP contribution in [0.5, 0.6) is 0 Å². The predicted octanol–water partition coefficient (Wildman–Crippen LogP) is 1.55. The molecule has 7 nitrogen and oxygen atoms in total. The highest BCUT2D eigenvalue weighted by atomic mass is 35.5. The number of aromatic nitrogens is 4. The molecule has 2 aromatic heterocycles. The Bertz CT molecular complexity index is 719. The van der Waals surface area contributed by atoms with Crippen LogP contribution in [0.2, 0.25) is 5.15 Å². The van der Waals surface area contributed by atoms with Crippen LogP contribution in [0.4, 0.5) is 0 Å². The lowest BCUT2D eigenvalue weighted by molar-refractivity contribution is -0.161. The van der Waals surface area contributed by atoms with E-state index in [2.05, 4.69) is 15.0 Å². The lowest BCUT2D eigenvalue weighted by atomic mass is 10.1. The third kappa shape index (κ3) is 2.04. The Kier molecular flexibility index (Phi) is 3.16. The first-order chi connectivity index (χ1) is 10.5. The predicted molar refractivity (Wildman–Crippen MR) is 78.4 cm³/mol. The Morgan fingerprint density at radius 1 is 1.32 bits per heavy atom. The molecule has 0 amide bonds. The number of hydrogen-bond acceptors (Lipinski definition) is 6. The van der Waals surface area contributed by atoms with Crippen LogP contribution in [-0.4, -0.2) is 49.2 Å². The van der Waals surface area contributed by atoms with Crippen LogP contribution in [0.3, 0.4) is 0 Å². The van der Waals surface area contributed by atoms with Crippen LogP contribution in [-0.2, 0) is 9.47 Å². The monoisotopic (exact) mass is 324 g/mol. The largest absolute Gasteiger partial charge is 0.396 e. The average molecular weight is 325 g/mol. The van der Waals surface area contributed by atoms with E-state index >= 15 is 0 Å².